The molecular weight excluding hydrogens is 472 g/mol. The van der Waals surface area contributed by atoms with E-state index in [4.69, 9.17) is 9.47 Å². The SMILES string of the molecule is COc1cccc(CNC(=O)c2csc(NC(=O)c3sccc3CCCN3CCOCC3)n2)c1. The molecule has 180 valence electrons. The zero-order valence-corrected chi connectivity index (χ0v) is 20.7. The first-order valence-electron chi connectivity index (χ1n) is 11.2. The summed E-state index contributed by atoms with van der Waals surface area (Å²) in [5, 5.41) is 9.69. The highest BCUT2D eigenvalue weighted by atomic mass is 32.1. The molecule has 2 N–H and O–H groups in total. The molecule has 10 heteroatoms. The van der Waals surface area contributed by atoms with Crippen LogP contribution in [0.1, 0.15) is 37.7 Å². The Morgan fingerprint density at radius 3 is 2.85 bits per heavy atom. The fourth-order valence-corrected chi connectivity index (χ4v) is 5.23. The number of benzene rings is 1. The number of hydrogen-bond acceptors (Lipinski definition) is 8. The van der Waals surface area contributed by atoms with Crippen LogP contribution in [-0.2, 0) is 17.7 Å². The lowest BCUT2D eigenvalue weighted by molar-refractivity contribution is 0.0374. The van der Waals surface area contributed by atoms with Crippen LogP contribution in [0.2, 0.25) is 0 Å². The van der Waals surface area contributed by atoms with Gasteiger partial charge in [-0.15, -0.1) is 22.7 Å². The highest BCUT2D eigenvalue weighted by molar-refractivity contribution is 7.14. The van der Waals surface area contributed by atoms with Crippen molar-refractivity contribution in [3.8, 4) is 5.75 Å². The third-order valence-corrected chi connectivity index (χ3v) is 7.23. The maximum absolute atomic E-state index is 12.8. The first-order chi connectivity index (χ1) is 16.6. The molecule has 0 bridgehead atoms. The zero-order chi connectivity index (χ0) is 23.8. The van der Waals surface area contributed by atoms with E-state index in [0.717, 1.165) is 62.6 Å². The van der Waals surface area contributed by atoms with Crippen molar-refractivity contribution >= 4 is 39.6 Å². The van der Waals surface area contributed by atoms with Crippen molar-refractivity contribution in [3.05, 3.63) is 62.8 Å². The summed E-state index contributed by atoms with van der Waals surface area (Å²) in [6.45, 7) is 4.88. The fourth-order valence-electron chi connectivity index (χ4n) is 3.69. The number of carbonyl (C=O) groups is 2. The molecule has 0 unspecified atom stereocenters. The van der Waals surface area contributed by atoms with E-state index in [1.54, 1.807) is 12.5 Å². The number of thiazole rings is 1. The van der Waals surface area contributed by atoms with Gasteiger partial charge in [-0.2, -0.15) is 0 Å². The molecule has 0 saturated carbocycles. The molecule has 1 fully saturated rings. The maximum atomic E-state index is 12.8. The first kappa shape index (κ1) is 24.3. The van der Waals surface area contributed by atoms with Crippen LogP contribution in [0.5, 0.6) is 5.75 Å². The molecule has 4 rings (SSSR count). The second-order valence-electron chi connectivity index (χ2n) is 7.86. The number of nitrogens with zero attached hydrogens (tertiary/aromatic N) is 2. The van der Waals surface area contributed by atoms with Gasteiger partial charge in [-0.05, 0) is 54.1 Å². The molecule has 2 amide bonds. The molecule has 8 nitrogen and oxygen atoms in total. The first-order valence-corrected chi connectivity index (χ1v) is 12.9. The largest absolute Gasteiger partial charge is 0.497 e. The Bertz CT molecular complexity index is 1110. The van der Waals surface area contributed by atoms with E-state index in [2.05, 4.69) is 20.5 Å². The van der Waals surface area contributed by atoms with E-state index in [1.165, 1.54) is 22.7 Å². The van der Waals surface area contributed by atoms with Gasteiger partial charge >= 0.3 is 0 Å². The summed E-state index contributed by atoms with van der Waals surface area (Å²) < 4.78 is 10.6. The third kappa shape index (κ3) is 6.63. The molecule has 34 heavy (non-hydrogen) atoms. The maximum Gasteiger partial charge on any atom is 0.271 e. The number of hydrogen-bond donors (Lipinski definition) is 2. The Morgan fingerprint density at radius 2 is 2.03 bits per heavy atom. The minimum absolute atomic E-state index is 0.186. The van der Waals surface area contributed by atoms with Gasteiger partial charge in [0.1, 0.15) is 11.4 Å². The number of amides is 2. The summed E-state index contributed by atoms with van der Waals surface area (Å²) >= 11 is 2.66. The number of carbonyl (C=O) groups excluding carboxylic acids is 2. The number of anilines is 1. The molecule has 2 aromatic heterocycles. The summed E-state index contributed by atoms with van der Waals surface area (Å²) in [6.07, 6.45) is 1.84. The number of nitrogens with one attached hydrogen (secondary N) is 2. The molecule has 0 aliphatic carbocycles. The molecular formula is C24H28N4O4S2. The summed E-state index contributed by atoms with van der Waals surface area (Å²) in [5.41, 5.74) is 2.25. The smallest absolute Gasteiger partial charge is 0.271 e. The Balaban J connectivity index is 1.27. The van der Waals surface area contributed by atoms with Crippen LogP contribution in [0.4, 0.5) is 5.13 Å². The Morgan fingerprint density at radius 1 is 1.18 bits per heavy atom. The fraction of sp³-hybridized carbons (Fsp3) is 0.375. The molecule has 1 aliphatic rings. The van der Waals surface area contributed by atoms with Crippen molar-refractivity contribution in [2.24, 2.45) is 0 Å². The zero-order valence-electron chi connectivity index (χ0n) is 19.0. The molecule has 3 heterocycles. The van der Waals surface area contributed by atoms with E-state index in [1.807, 2.05) is 35.7 Å². The molecule has 3 aromatic rings. The summed E-state index contributed by atoms with van der Waals surface area (Å²) in [7, 11) is 1.60. The standard InChI is InChI=1S/C24H28N4O4S2/c1-31-19-6-2-4-17(14-19)15-25-22(29)20-16-34-24(26-20)27-23(30)21-18(7-13-33-21)5-3-8-28-9-11-32-12-10-28/h2,4,6-7,13-14,16H,3,5,8-12,15H2,1H3,(H,25,29)(H,26,27,30). The van der Waals surface area contributed by atoms with E-state index >= 15 is 0 Å². The lowest BCUT2D eigenvalue weighted by Gasteiger charge is -2.26. The van der Waals surface area contributed by atoms with Crippen molar-refractivity contribution in [1.82, 2.24) is 15.2 Å². The van der Waals surface area contributed by atoms with Crippen LogP contribution < -0.4 is 15.4 Å². The van der Waals surface area contributed by atoms with Crippen LogP contribution in [0, 0.1) is 0 Å². The van der Waals surface area contributed by atoms with Crippen LogP contribution in [0.3, 0.4) is 0 Å². The Hall–Kier alpha value is -2.79. The van der Waals surface area contributed by atoms with Gasteiger partial charge in [-0.1, -0.05) is 12.1 Å². The molecule has 1 saturated heterocycles. The van der Waals surface area contributed by atoms with Crippen LogP contribution in [-0.4, -0.2) is 61.7 Å². The Kier molecular flexibility index (Phi) is 8.64. The second-order valence-corrected chi connectivity index (χ2v) is 9.63. The minimum Gasteiger partial charge on any atom is -0.497 e. The van der Waals surface area contributed by atoms with Gasteiger partial charge in [0.25, 0.3) is 11.8 Å². The summed E-state index contributed by atoms with van der Waals surface area (Å²) in [5.74, 6) is 0.257. The normalized spacial score (nSPS) is 14.0. The van der Waals surface area contributed by atoms with E-state index in [-0.39, 0.29) is 17.5 Å². The van der Waals surface area contributed by atoms with Gasteiger partial charge in [0.2, 0.25) is 0 Å². The van der Waals surface area contributed by atoms with Crippen molar-refractivity contribution in [3.63, 3.8) is 0 Å². The lowest BCUT2D eigenvalue weighted by Crippen LogP contribution is -2.36. The van der Waals surface area contributed by atoms with Crippen molar-refractivity contribution in [2.75, 3.05) is 45.3 Å². The highest BCUT2D eigenvalue weighted by Crippen LogP contribution is 2.22. The lowest BCUT2D eigenvalue weighted by atomic mass is 10.1. The number of aryl methyl sites for hydroxylation is 1. The van der Waals surface area contributed by atoms with Crippen LogP contribution in [0.15, 0.2) is 41.1 Å². The van der Waals surface area contributed by atoms with Gasteiger partial charge in [0.15, 0.2) is 5.13 Å². The number of ether oxygens (including phenoxy) is 2. The quantitative estimate of drug-likeness (QED) is 0.441. The molecule has 1 aliphatic heterocycles. The molecule has 0 spiro atoms. The van der Waals surface area contributed by atoms with Crippen molar-refractivity contribution < 1.29 is 19.1 Å². The summed E-state index contributed by atoms with van der Waals surface area (Å²) in [6, 6.07) is 9.52. The van der Waals surface area contributed by atoms with Gasteiger partial charge in [0.05, 0.1) is 25.2 Å². The third-order valence-electron chi connectivity index (χ3n) is 5.52. The topological polar surface area (TPSA) is 92.8 Å². The van der Waals surface area contributed by atoms with E-state index in [0.29, 0.717) is 16.6 Å². The second kappa shape index (κ2) is 12.1. The molecule has 1 aromatic carbocycles. The van der Waals surface area contributed by atoms with Gasteiger partial charge in [0, 0.05) is 25.0 Å². The van der Waals surface area contributed by atoms with E-state index in [9.17, 15) is 9.59 Å². The number of morpholine rings is 1. The van der Waals surface area contributed by atoms with Crippen molar-refractivity contribution in [2.45, 2.75) is 19.4 Å². The van der Waals surface area contributed by atoms with Gasteiger partial charge in [-0.3, -0.25) is 19.8 Å². The number of aromatic nitrogens is 1. The monoisotopic (exact) mass is 500 g/mol. The average Bonchev–Trinajstić information content (AvgIpc) is 3.53. The van der Waals surface area contributed by atoms with Crippen molar-refractivity contribution in [1.29, 1.82) is 0 Å². The van der Waals surface area contributed by atoms with E-state index < -0.39 is 0 Å². The predicted molar refractivity (Wildman–Crippen MR) is 134 cm³/mol. The predicted octanol–water partition coefficient (Wildman–Crippen LogP) is 3.66. The molecule has 0 atom stereocenters. The number of methoxy groups -OCH3 is 1. The highest BCUT2D eigenvalue weighted by Gasteiger charge is 2.17. The summed E-state index contributed by atoms with van der Waals surface area (Å²) in [4.78, 5) is 32.7. The van der Waals surface area contributed by atoms with Crippen LogP contribution in [0.25, 0.3) is 0 Å². The number of rotatable bonds is 10. The van der Waals surface area contributed by atoms with Crippen LogP contribution >= 0.6 is 22.7 Å². The minimum atomic E-state index is -0.292. The van der Waals surface area contributed by atoms with Gasteiger partial charge < -0.3 is 14.8 Å². The average molecular weight is 501 g/mol. The van der Waals surface area contributed by atoms with Gasteiger partial charge in [-0.25, -0.2) is 4.98 Å². The Labute approximate surface area is 206 Å². The number of thiophene rings is 1. The molecule has 0 radical (unpaired) electrons.